The van der Waals surface area contributed by atoms with E-state index in [9.17, 15) is 5.11 Å². The van der Waals surface area contributed by atoms with Crippen LogP contribution >= 0.6 is 0 Å². The zero-order chi connectivity index (χ0) is 23.9. The summed E-state index contributed by atoms with van der Waals surface area (Å²) in [5.74, 6) is 1.21. The van der Waals surface area contributed by atoms with Crippen LogP contribution in [0.25, 0.3) is 33.9 Å². The predicted molar refractivity (Wildman–Crippen MR) is 139 cm³/mol. The lowest BCUT2D eigenvalue weighted by Gasteiger charge is -2.14. The van der Waals surface area contributed by atoms with Crippen LogP contribution in [0.5, 0.6) is 5.75 Å². The molecule has 1 heterocycles. The molecule has 3 aromatic carbocycles. The molecule has 5 heteroatoms. The van der Waals surface area contributed by atoms with Gasteiger partial charge in [-0.1, -0.05) is 24.3 Å². The Bertz CT molecular complexity index is 1260. The van der Waals surface area contributed by atoms with Gasteiger partial charge in [0.15, 0.2) is 0 Å². The number of anilines is 2. The molecule has 0 radical (unpaired) electrons. The molecule has 1 aromatic heterocycles. The van der Waals surface area contributed by atoms with Crippen molar-refractivity contribution in [3.8, 4) is 39.7 Å². The van der Waals surface area contributed by atoms with Crippen molar-refractivity contribution in [3.05, 3.63) is 71.8 Å². The predicted octanol–water partition coefficient (Wildman–Crippen LogP) is 5.88. The van der Waals surface area contributed by atoms with Crippen molar-refractivity contribution in [2.45, 2.75) is 13.8 Å². The second kappa shape index (κ2) is 8.66. The highest BCUT2D eigenvalue weighted by Crippen LogP contribution is 2.38. The van der Waals surface area contributed by atoms with Crippen molar-refractivity contribution in [1.29, 1.82) is 0 Å². The van der Waals surface area contributed by atoms with E-state index < -0.39 is 0 Å². The minimum absolute atomic E-state index is 0.340. The molecule has 0 amide bonds. The van der Waals surface area contributed by atoms with E-state index in [2.05, 4.69) is 69.9 Å². The van der Waals surface area contributed by atoms with E-state index in [1.165, 1.54) is 0 Å². The number of hydrogen-bond donors (Lipinski definition) is 1. The lowest BCUT2D eigenvalue weighted by atomic mass is 10.0. The molecule has 4 aromatic rings. The minimum Gasteiger partial charge on any atom is -0.507 e. The van der Waals surface area contributed by atoms with Crippen LogP contribution in [0.3, 0.4) is 0 Å². The van der Waals surface area contributed by atoms with Crippen LogP contribution in [0.1, 0.15) is 11.1 Å². The summed E-state index contributed by atoms with van der Waals surface area (Å²) in [4.78, 5) is 9.32. The Kier molecular flexibility index (Phi) is 5.90. The first-order valence-electron chi connectivity index (χ1n) is 11.1. The standard InChI is InChI=1S/C28H32N4O/c1-18-16-22(17-19(2)27(18)33)28-29-25(20-8-12-23(13-9-20)30(3)4)26(32(28)7)21-10-14-24(15-11-21)31(5)6/h8-17,33H,1-7H3. The first-order valence-corrected chi connectivity index (χ1v) is 11.1. The summed E-state index contributed by atoms with van der Waals surface area (Å²) in [6.45, 7) is 3.85. The van der Waals surface area contributed by atoms with Crippen molar-refractivity contribution >= 4 is 11.4 Å². The van der Waals surface area contributed by atoms with E-state index in [0.717, 1.165) is 56.4 Å². The van der Waals surface area contributed by atoms with Crippen LogP contribution in [0.15, 0.2) is 60.7 Å². The maximum Gasteiger partial charge on any atom is 0.140 e. The first kappa shape index (κ1) is 22.5. The van der Waals surface area contributed by atoms with Crippen LogP contribution in [-0.4, -0.2) is 42.8 Å². The third-order valence-corrected chi connectivity index (χ3v) is 6.16. The lowest BCUT2D eigenvalue weighted by Crippen LogP contribution is -2.08. The van der Waals surface area contributed by atoms with Crippen LogP contribution in [-0.2, 0) is 7.05 Å². The molecule has 0 aliphatic heterocycles. The fraction of sp³-hybridized carbons (Fsp3) is 0.250. The third-order valence-electron chi connectivity index (χ3n) is 6.16. The van der Waals surface area contributed by atoms with Crippen molar-refractivity contribution in [1.82, 2.24) is 9.55 Å². The van der Waals surface area contributed by atoms with E-state index in [4.69, 9.17) is 4.98 Å². The SMILES string of the molecule is Cc1cc(-c2nc(-c3ccc(N(C)C)cc3)c(-c3ccc(N(C)C)cc3)n2C)cc(C)c1O. The van der Waals surface area contributed by atoms with Gasteiger partial charge in [0.25, 0.3) is 0 Å². The molecule has 1 N–H and O–H groups in total. The van der Waals surface area contributed by atoms with Crippen molar-refractivity contribution < 1.29 is 5.11 Å². The summed E-state index contributed by atoms with van der Waals surface area (Å²) in [6, 6.07) is 21.1. The number of nitrogens with zero attached hydrogens (tertiary/aromatic N) is 4. The summed E-state index contributed by atoms with van der Waals surface area (Å²) >= 11 is 0. The maximum atomic E-state index is 10.3. The van der Waals surface area contributed by atoms with E-state index in [1.54, 1.807) is 0 Å². The fourth-order valence-electron chi connectivity index (χ4n) is 4.21. The number of aryl methyl sites for hydroxylation is 2. The number of phenolic OH excluding ortho intramolecular Hbond substituents is 1. The van der Waals surface area contributed by atoms with E-state index >= 15 is 0 Å². The highest BCUT2D eigenvalue weighted by atomic mass is 16.3. The van der Waals surface area contributed by atoms with Gasteiger partial charge in [-0.25, -0.2) is 4.98 Å². The highest BCUT2D eigenvalue weighted by Gasteiger charge is 2.20. The first-order chi connectivity index (χ1) is 15.7. The van der Waals surface area contributed by atoms with Gasteiger partial charge in [0.05, 0.1) is 11.4 Å². The minimum atomic E-state index is 0.340. The monoisotopic (exact) mass is 440 g/mol. The van der Waals surface area contributed by atoms with Gasteiger partial charge in [0.1, 0.15) is 11.6 Å². The molecule has 33 heavy (non-hydrogen) atoms. The largest absolute Gasteiger partial charge is 0.507 e. The molecule has 0 aliphatic carbocycles. The molecule has 0 saturated heterocycles. The quantitative estimate of drug-likeness (QED) is 0.421. The average Bonchev–Trinajstić information content (AvgIpc) is 3.14. The summed E-state index contributed by atoms with van der Waals surface area (Å²) in [5, 5.41) is 10.3. The Morgan fingerprint density at radius 2 is 1.15 bits per heavy atom. The van der Waals surface area contributed by atoms with Gasteiger partial charge in [-0.2, -0.15) is 0 Å². The summed E-state index contributed by atoms with van der Waals surface area (Å²) in [7, 11) is 10.2. The number of rotatable bonds is 5. The van der Waals surface area contributed by atoms with Crippen LogP contribution in [0.2, 0.25) is 0 Å². The molecule has 4 rings (SSSR count). The third kappa shape index (κ3) is 4.19. The Hall–Kier alpha value is -3.73. The van der Waals surface area contributed by atoms with E-state index in [-0.39, 0.29) is 0 Å². The zero-order valence-corrected chi connectivity index (χ0v) is 20.5. The van der Waals surface area contributed by atoms with Crippen LogP contribution < -0.4 is 9.80 Å². The number of hydrogen-bond acceptors (Lipinski definition) is 4. The average molecular weight is 441 g/mol. The van der Waals surface area contributed by atoms with Gasteiger partial charge >= 0.3 is 0 Å². The number of aromatic hydroxyl groups is 1. The topological polar surface area (TPSA) is 44.5 Å². The second-order valence-electron chi connectivity index (χ2n) is 9.03. The highest BCUT2D eigenvalue weighted by molar-refractivity contribution is 5.83. The van der Waals surface area contributed by atoms with Gasteiger partial charge in [-0.05, 0) is 61.4 Å². The van der Waals surface area contributed by atoms with Gasteiger partial charge in [-0.15, -0.1) is 0 Å². The van der Waals surface area contributed by atoms with Gasteiger partial charge in [0, 0.05) is 63.3 Å². The molecular formula is C28H32N4O. The Balaban J connectivity index is 1.93. The Morgan fingerprint density at radius 1 is 0.697 bits per heavy atom. The van der Waals surface area contributed by atoms with E-state index in [0.29, 0.717) is 5.75 Å². The Morgan fingerprint density at radius 3 is 1.61 bits per heavy atom. The Labute approximate surface area is 196 Å². The van der Waals surface area contributed by atoms with Crippen LogP contribution in [0.4, 0.5) is 11.4 Å². The number of benzene rings is 3. The van der Waals surface area contributed by atoms with Gasteiger partial charge in [-0.3, -0.25) is 0 Å². The molecule has 0 fully saturated rings. The molecule has 5 nitrogen and oxygen atoms in total. The fourth-order valence-corrected chi connectivity index (χ4v) is 4.21. The molecule has 0 aliphatic rings. The number of phenols is 1. The second-order valence-corrected chi connectivity index (χ2v) is 9.03. The molecule has 170 valence electrons. The number of aromatic nitrogens is 2. The molecule has 0 unspecified atom stereocenters. The molecule has 0 bridgehead atoms. The van der Waals surface area contributed by atoms with Crippen LogP contribution in [0, 0.1) is 13.8 Å². The van der Waals surface area contributed by atoms with Gasteiger partial charge < -0.3 is 19.5 Å². The molecule has 0 spiro atoms. The van der Waals surface area contributed by atoms with E-state index in [1.807, 2.05) is 54.2 Å². The molecular weight excluding hydrogens is 408 g/mol. The lowest BCUT2D eigenvalue weighted by molar-refractivity contribution is 0.467. The van der Waals surface area contributed by atoms with Gasteiger partial charge in [0.2, 0.25) is 0 Å². The number of imidazole rings is 1. The molecule has 0 saturated carbocycles. The normalized spacial score (nSPS) is 11.0. The van der Waals surface area contributed by atoms with Crippen molar-refractivity contribution in [2.75, 3.05) is 38.0 Å². The summed E-state index contributed by atoms with van der Waals surface area (Å²) < 4.78 is 2.16. The molecule has 0 atom stereocenters. The van der Waals surface area contributed by atoms with Crippen molar-refractivity contribution in [3.63, 3.8) is 0 Å². The summed E-state index contributed by atoms with van der Waals surface area (Å²) in [6.07, 6.45) is 0. The summed E-state index contributed by atoms with van der Waals surface area (Å²) in [5.41, 5.74) is 9.19. The zero-order valence-electron chi connectivity index (χ0n) is 20.5. The maximum absolute atomic E-state index is 10.3. The van der Waals surface area contributed by atoms with Crippen molar-refractivity contribution in [2.24, 2.45) is 7.05 Å². The smallest absolute Gasteiger partial charge is 0.140 e.